The number of fused-ring (bicyclic) bond motifs is 1. The van der Waals surface area contributed by atoms with Gasteiger partial charge in [-0.05, 0) is 49.9 Å². The number of benzene rings is 1. The molecule has 1 amide bonds. The molecule has 0 spiro atoms. The number of hydrogen-bond acceptors (Lipinski definition) is 4. The number of rotatable bonds is 5. The van der Waals surface area contributed by atoms with Crippen molar-refractivity contribution >= 4 is 44.9 Å². The number of aryl methyl sites for hydroxylation is 1. The van der Waals surface area contributed by atoms with Gasteiger partial charge in [0.1, 0.15) is 5.65 Å². The highest BCUT2D eigenvalue weighted by Gasteiger charge is 2.15. The van der Waals surface area contributed by atoms with Crippen LogP contribution in [0.4, 0.5) is 5.69 Å². The third-order valence-corrected chi connectivity index (χ3v) is 5.76. The molecule has 0 unspecified atom stereocenters. The Labute approximate surface area is 161 Å². The second-order valence-electron chi connectivity index (χ2n) is 5.73. The Hall–Kier alpha value is -2.68. The summed E-state index contributed by atoms with van der Waals surface area (Å²) in [7, 11) is -2.28. The number of anilines is 1. The van der Waals surface area contributed by atoms with Crippen LogP contribution in [-0.2, 0) is 14.8 Å². The molecule has 2 heterocycles. The van der Waals surface area contributed by atoms with E-state index in [0.717, 1.165) is 0 Å². The largest absolute Gasteiger partial charge is 0.322 e. The quantitative estimate of drug-likeness (QED) is 0.639. The van der Waals surface area contributed by atoms with E-state index in [1.54, 1.807) is 41.8 Å². The fraction of sp³-hybridized carbons (Fsp3) is 0.111. The van der Waals surface area contributed by atoms with Crippen molar-refractivity contribution in [2.75, 3.05) is 12.4 Å². The molecule has 1 aromatic carbocycles. The minimum absolute atomic E-state index is 0.108. The maximum Gasteiger partial charge on any atom is 0.248 e. The zero-order chi connectivity index (χ0) is 19.6. The van der Waals surface area contributed by atoms with E-state index in [0.29, 0.717) is 22.6 Å². The summed E-state index contributed by atoms with van der Waals surface area (Å²) in [4.78, 5) is 16.5. The van der Waals surface area contributed by atoms with Crippen LogP contribution >= 0.6 is 11.6 Å². The van der Waals surface area contributed by atoms with Crippen molar-refractivity contribution < 1.29 is 13.2 Å². The summed E-state index contributed by atoms with van der Waals surface area (Å²) in [6.45, 7) is 1.68. The van der Waals surface area contributed by atoms with E-state index in [2.05, 4.69) is 15.0 Å². The van der Waals surface area contributed by atoms with Crippen LogP contribution in [0, 0.1) is 6.92 Å². The van der Waals surface area contributed by atoms with Crippen molar-refractivity contribution in [2.45, 2.75) is 11.8 Å². The van der Waals surface area contributed by atoms with E-state index in [4.69, 9.17) is 11.6 Å². The molecule has 0 aliphatic rings. The highest BCUT2D eigenvalue weighted by Crippen LogP contribution is 2.21. The number of sulfonamides is 1. The minimum atomic E-state index is -3.61. The van der Waals surface area contributed by atoms with Gasteiger partial charge in [0.05, 0.1) is 10.6 Å². The lowest BCUT2D eigenvalue weighted by molar-refractivity contribution is -0.111. The van der Waals surface area contributed by atoms with Gasteiger partial charge in [0, 0.05) is 18.0 Å². The van der Waals surface area contributed by atoms with Crippen LogP contribution in [0.3, 0.4) is 0 Å². The third-order valence-electron chi connectivity index (χ3n) is 3.93. The number of amides is 1. The molecule has 27 heavy (non-hydrogen) atoms. The Bertz CT molecular complexity index is 1150. The number of carbonyl (C=O) groups excluding carboxylic acids is 1. The maximum absolute atomic E-state index is 12.2. The lowest BCUT2D eigenvalue weighted by atomic mass is 10.2. The van der Waals surface area contributed by atoms with Crippen molar-refractivity contribution in [3.05, 3.63) is 65.1 Å². The molecule has 2 N–H and O–H groups in total. The molecule has 0 aliphatic heterocycles. The number of nitrogens with one attached hydrogen (secondary N) is 2. The molecule has 3 aromatic rings. The fourth-order valence-corrected chi connectivity index (χ4v) is 3.79. The lowest BCUT2D eigenvalue weighted by Gasteiger charge is -2.09. The zero-order valence-corrected chi connectivity index (χ0v) is 16.2. The van der Waals surface area contributed by atoms with Gasteiger partial charge >= 0.3 is 0 Å². The van der Waals surface area contributed by atoms with E-state index >= 15 is 0 Å². The van der Waals surface area contributed by atoms with Crippen molar-refractivity contribution in [3.8, 4) is 0 Å². The predicted molar refractivity (Wildman–Crippen MR) is 105 cm³/mol. The molecule has 3 rings (SSSR count). The third kappa shape index (κ3) is 4.02. The first kappa shape index (κ1) is 19.1. The monoisotopic (exact) mass is 404 g/mol. The fourth-order valence-electron chi connectivity index (χ4n) is 2.55. The van der Waals surface area contributed by atoms with E-state index in [1.807, 2.05) is 12.1 Å². The topological polar surface area (TPSA) is 92.6 Å². The van der Waals surface area contributed by atoms with Crippen molar-refractivity contribution in [1.82, 2.24) is 14.1 Å². The van der Waals surface area contributed by atoms with Gasteiger partial charge < -0.3 is 5.32 Å². The van der Waals surface area contributed by atoms with E-state index in [9.17, 15) is 13.2 Å². The average Bonchev–Trinajstić information content (AvgIpc) is 2.96. The molecule has 9 heteroatoms. The first-order chi connectivity index (χ1) is 12.8. The molecule has 140 valence electrons. The summed E-state index contributed by atoms with van der Waals surface area (Å²) in [5, 5.41) is 2.93. The van der Waals surface area contributed by atoms with Gasteiger partial charge in [-0.3, -0.25) is 9.20 Å². The summed E-state index contributed by atoms with van der Waals surface area (Å²) in [6.07, 6.45) is 4.66. The van der Waals surface area contributed by atoms with Gasteiger partial charge in [0.25, 0.3) is 0 Å². The standard InChI is InChI=1S/C18H17ClN4O3S/c1-12-6-7-13(11-15(12)27(25,26)20-2)21-17(24)9-8-14-18(19)22-16-5-3-4-10-23(14)16/h3-11,20H,1-2H3,(H,21,24)/b9-8+. The average molecular weight is 405 g/mol. The number of hydrogen-bond donors (Lipinski definition) is 2. The number of imidazole rings is 1. The first-order valence-electron chi connectivity index (χ1n) is 7.97. The molecule has 7 nitrogen and oxygen atoms in total. The maximum atomic E-state index is 12.2. The highest BCUT2D eigenvalue weighted by atomic mass is 35.5. The summed E-state index contributed by atoms with van der Waals surface area (Å²) >= 11 is 6.13. The lowest BCUT2D eigenvalue weighted by Crippen LogP contribution is -2.20. The van der Waals surface area contributed by atoms with Crippen LogP contribution in [0.1, 0.15) is 11.3 Å². The van der Waals surface area contributed by atoms with Crippen LogP contribution in [-0.4, -0.2) is 30.8 Å². The number of nitrogens with zero attached hydrogens (tertiary/aromatic N) is 2. The van der Waals surface area contributed by atoms with E-state index in [1.165, 1.54) is 19.2 Å². The van der Waals surface area contributed by atoms with Crippen LogP contribution in [0.2, 0.25) is 5.15 Å². The van der Waals surface area contributed by atoms with Crippen LogP contribution in [0.5, 0.6) is 0 Å². The molecule has 0 saturated heterocycles. The Kier molecular flexibility index (Phi) is 5.31. The van der Waals surface area contributed by atoms with Crippen molar-refractivity contribution in [2.24, 2.45) is 0 Å². The van der Waals surface area contributed by atoms with Gasteiger partial charge in [0.2, 0.25) is 15.9 Å². The van der Waals surface area contributed by atoms with E-state index < -0.39 is 15.9 Å². The SMILES string of the molecule is CNS(=O)(=O)c1cc(NC(=O)/C=C/c2c(Cl)nc3ccccn23)ccc1C. The second kappa shape index (κ2) is 7.51. The minimum Gasteiger partial charge on any atom is -0.322 e. The van der Waals surface area contributed by atoms with Gasteiger partial charge in [-0.15, -0.1) is 0 Å². The summed E-state index contributed by atoms with van der Waals surface area (Å²) in [5.41, 5.74) is 2.19. The molecule has 0 atom stereocenters. The number of carbonyl (C=O) groups is 1. The Morgan fingerprint density at radius 2 is 2.04 bits per heavy atom. The zero-order valence-electron chi connectivity index (χ0n) is 14.6. The first-order valence-corrected chi connectivity index (χ1v) is 9.84. The van der Waals surface area contributed by atoms with E-state index in [-0.39, 0.29) is 10.0 Å². The van der Waals surface area contributed by atoms with Gasteiger partial charge in [-0.1, -0.05) is 23.7 Å². The smallest absolute Gasteiger partial charge is 0.248 e. The van der Waals surface area contributed by atoms with Crippen LogP contribution in [0.25, 0.3) is 11.7 Å². The molecule has 0 fully saturated rings. The molecular formula is C18H17ClN4O3S. The van der Waals surface area contributed by atoms with Gasteiger partial charge in [0.15, 0.2) is 5.15 Å². The normalized spacial score (nSPS) is 12.0. The van der Waals surface area contributed by atoms with Crippen LogP contribution in [0.15, 0.2) is 53.6 Å². The molecule has 0 aliphatic carbocycles. The number of halogens is 1. The predicted octanol–water partition coefficient (Wildman–Crippen LogP) is 2.86. The van der Waals surface area contributed by atoms with Crippen molar-refractivity contribution in [3.63, 3.8) is 0 Å². The Morgan fingerprint density at radius 3 is 2.78 bits per heavy atom. The summed E-state index contributed by atoms with van der Waals surface area (Å²) in [6, 6.07) is 10.2. The van der Waals surface area contributed by atoms with Gasteiger partial charge in [-0.25, -0.2) is 18.1 Å². The second-order valence-corrected chi connectivity index (χ2v) is 7.94. The molecular weight excluding hydrogens is 388 g/mol. The molecule has 0 saturated carbocycles. The van der Waals surface area contributed by atoms with Gasteiger partial charge in [-0.2, -0.15) is 0 Å². The van der Waals surface area contributed by atoms with Crippen LogP contribution < -0.4 is 10.0 Å². The number of pyridine rings is 1. The Balaban J connectivity index is 1.83. The molecule has 0 bridgehead atoms. The Morgan fingerprint density at radius 1 is 1.26 bits per heavy atom. The molecule has 0 radical (unpaired) electrons. The highest BCUT2D eigenvalue weighted by molar-refractivity contribution is 7.89. The molecule has 2 aromatic heterocycles. The van der Waals surface area contributed by atoms with Crippen molar-refractivity contribution in [1.29, 1.82) is 0 Å². The summed E-state index contributed by atoms with van der Waals surface area (Å²) < 4.78 is 28.1. The summed E-state index contributed by atoms with van der Waals surface area (Å²) in [5.74, 6) is -0.423. The number of aromatic nitrogens is 2.